The molecule has 1 atom stereocenters. The van der Waals surface area contributed by atoms with E-state index in [1.165, 1.54) is 5.56 Å². The van der Waals surface area contributed by atoms with Crippen molar-refractivity contribution >= 4 is 0 Å². The van der Waals surface area contributed by atoms with E-state index in [1.807, 2.05) is 12.1 Å². The van der Waals surface area contributed by atoms with Gasteiger partial charge in [0.15, 0.2) is 0 Å². The van der Waals surface area contributed by atoms with Crippen LogP contribution in [0.3, 0.4) is 0 Å². The van der Waals surface area contributed by atoms with Crippen LogP contribution in [0.2, 0.25) is 0 Å². The fourth-order valence-electron chi connectivity index (χ4n) is 3.13. The third-order valence-electron chi connectivity index (χ3n) is 4.54. The van der Waals surface area contributed by atoms with Crippen LogP contribution in [0.4, 0.5) is 0 Å². The van der Waals surface area contributed by atoms with Crippen molar-refractivity contribution in [1.29, 1.82) is 0 Å². The molecular formula is C16H29N3O. The quantitative estimate of drug-likeness (QED) is 0.566. The van der Waals surface area contributed by atoms with Crippen LogP contribution in [0.1, 0.15) is 32.3 Å². The maximum Gasteiger partial charge on any atom is 0.119 e. The first-order valence-corrected chi connectivity index (χ1v) is 7.30. The Kier molecular flexibility index (Phi) is 6.46. The minimum Gasteiger partial charge on any atom is -0.497 e. The number of hydrogen-bond donors (Lipinski definition) is 2. The van der Waals surface area contributed by atoms with Gasteiger partial charge in [0.1, 0.15) is 5.75 Å². The largest absolute Gasteiger partial charge is 0.497 e. The Hall–Kier alpha value is -1.10. The number of nitrogens with zero attached hydrogens (tertiary/aromatic N) is 1. The molecule has 0 spiro atoms. The van der Waals surface area contributed by atoms with Crippen molar-refractivity contribution in [2.45, 2.75) is 44.7 Å². The van der Waals surface area contributed by atoms with E-state index in [9.17, 15) is 0 Å². The van der Waals surface area contributed by atoms with Crippen molar-refractivity contribution < 1.29 is 4.74 Å². The van der Waals surface area contributed by atoms with E-state index in [0.717, 1.165) is 25.0 Å². The van der Waals surface area contributed by atoms with Gasteiger partial charge in [0.05, 0.1) is 7.11 Å². The standard InChI is InChI=1S/C16H29N3O/c1-6-16(7-2,19(3)4)15(18-17)12-13-9-8-10-14(11-13)20-5/h8-11,15,18H,6-7,12,17H2,1-5H3. The van der Waals surface area contributed by atoms with E-state index in [0.29, 0.717) is 0 Å². The molecule has 0 aliphatic carbocycles. The molecule has 114 valence electrons. The molecule has 0 aliphatic heterocycles. The number of methoxy groups -OCH3 is 1. The van der Waals surface area contributed by atoms with Crippen LogP contribution in [-0.4, -0.2) is 37.7 Å². The fraction of sp³-hybridized carbons (Fsp3) is 0.625. The Morgan fingerprint density at radius 1 is 1.30 bits per heavy atom. The lowest BCUT2D eigenvalue weighted by atomic mass is 9.80. The third kappa shape index (κ3) is 3.51. The highest BCUT2D eigenvalue weighted by Crippen LogP contribution is 2.28. The second-order valence-corrected chi connectivity index (χ2v) is 5.48. The highest BCUT2D eigenvalue weighted by molar-refractivity contribution is 5.29. The van der Waals surface area contributed by atoms with Gasteiger partial charge in [-0.15, -0.1) is 0 Å². The molecule has 0 amide bonds. The molecule has 0 aromatic heterocycles. The van der Waals surface area contributed by atoms with Gasteiger partial charge in [-0.1, -0.05) is 26.0 Å². The van der Waals surface area contributed by atoms with Gasteiger partial charge in [0.25, 0.3) is 0 Å². The average molecular weight is 279 g/mol. The van der Waals surface area contributed by atoms with E-state index >= 15 is 0 Å². The summed E-state index contributed by atoms with van der Waals surface area (Å²) in [6, 6.07) is 8.39. The summed E-state index contributed by atoms with van der Waals surface area (Å²) in [6.07, 6.45) is 2.98. The summed E-state index contributed by atoms with van der Waals surface area (Å²) in [5, 5.41) is 0. The Labute approximate surface area is 123 Å². The van der Waals surface area contributed by atoms with Gasteiger partial charge in [0.2, 0.25) is 0 Å². The molecule has 0 radical (unpaired) electrons. The van der Waals surface area contributed by atoms with Crippen LogP contribution in [0.15, 0.2) is 24.3 Å². The normalized spacial score (nSPS) is 13.6. The number of ether oxygens (including phenoxy) is 1. The average Bonchev–Trinajstić information content (AvgIpc) is 2.47. The van der Waals surface area contributed by atoms with Crippen LogP contribution in [-0.2, 0) is 6.42 Å². The van der Waals surface area contributed by atoms with Crippen molar-refractivity contribution in [2.75, 3.05) is 21.2 Å². The van der Waals surface area contributed by atoms with Gasteiger partial charge >= 0.3 is 0 Å². The van der Waals surface area contributed by atoms with Crippen molar-refractivity contribution in [3.05, 3.63) is 29.8 Å². The molecule has 4 heteroatoms. The first-order valence-electron chi connectivity index (χ1n) is 7.30. The van der Waals surface area contributed by atoms with E-state index in [2.05, 4.69) is 50.4 Å². The summed E-state index contributed by atoms with van der Waals surface area (Å²) in [5.74, 6) is 6.75. The van der Waals surface area contributed by atoms with Gasteiger partial charge in [-0.25, -0.2) is 0 Å². The van der Waals surface area contributed by atoms with E-state index in [4.69, 9.17) is 10.6 Å². The maximum atomic E-state index is 5.86. The summed E-state index contributed by atoms with van der Waals surface area (Å²) in [5.41, 5.74) is 4.32. The van der Waals surface area contributed by atoms with Crippen LogP contribution >= 0.6 is 0 Å². The van der Waals surface area contributed by atoms with Crippen molar-refractivity contribution in [3.63, 3.8) is 0 Å². The van der Waals surface area contributed by atoms with Crippen molar-refractivity contribution in [1.82, 2.24) is 10.3 Å². The molecule has 1 rings (SSSR count). The Bertz CT molecular complexity index is 402. The summed E-state index contributed by atoms with van der Waals surface area (Å²) in [4.78, 5) is 2.29. The van der Waals surface area contributed by atoms with E-state index in [-0.39, 0.29) is 11.6 Å². The molecule has 20 heavy (non-hydrogen) atoms. The number of benzene rings is 1. The minimum atomic E-state index is 0.0534. The number of likely N-dealkylation sites (N-methyl/N-ethyl adjacent to an activating group) is 1. The number of hydrazine groups is 1. The van der Waals surface area contributed by atoms with Crippen LogP contribution in [0, 0.1) is 0 Å². The number of nitrogens with one attached hydrogen (secondary N) is 1. The van der Waals surface area contributed by atoms with Gasteiger partial charge in [0, 0.05) is 11.6 Å². The molecule has 0 saturated heterocycles. The molecule has 0 aliphatic rings. The summed E-state index contributed by atoms with van der Waals surface area (Å²) in [6.45, 7) is 4.44. The zero-order valence-corrected chi connectivity index (χ0v) is 13.4. The highest BCUT2D eigenvalue weighted by Gasteiger charge is 2.37. The van der Waals surface area contributed by atoms with Crippen molar-refractivity contribution in [3.8, 4) is 5.75 Å². The maximum absolute atomic E-state index is 5.86. The number of rotatable bonds is 8. The highest BCUT2D eigenvalue weighted by atomic mass is 16.5. The number of hydrogen-bond acceptors (Lipinski definition) is 4. The van der Waals surface area contributed by atoms with Crippen LogP contribution in [0.25, 0.3) is 0 Å². The van der Waals surface area contributed by atoms with Crippen LogP contribution < -0.4 is 16.0 Å². The lowest BCUT2D eigenvalue weighted by Gasteiger charge is -2.45. The smallest absolute Gasteiger partial charge is 0.119 e. The van der Waals surface area contributed by atoms with Gasteiger partial charge in [-0.05, 0) is 51.1 Å². The molecular weight excluding hydrogens is 250 g/mol. The summed E-state index contributed by atoms with van der Waals surface area (Å²) >= 11 is 0. The Morgan fingerprint density at radius 2 is 1.95 bits per heavy atom. The molecule has 0 heterocycles. The minimum absolute atomic E-state index is 0.0534. The molecule has 3 N–H and O–H groups in total. The first kappa shape index (κ1) is 17.0. The molecule has 0 fully saturated rings. The zero-order valence-electron chi connectivity index (χ0n) is 13.4. The second-order valence-electron chi connectivity index (χ2n) is 5.48. The lowest BCUT2D eigenvalue weighted by molar-refractivity contribution is 0.0882. The summed E-state index contributed by atoms with van der Waals surface area (Å²) in [7, 11) is 5.95. The predicted molar refractivity (Wildman–Crippen MR) is 84.8 cm³/mol. The molecule has 0 saturated carbocycles. The van der Waals surface area contributed by atoms with E-state index < -0.39 is 0 Å². The molecule has 1 aromatic rings. The topological polar surface area (TPSA) is 50.5 Å². The molecule has 1 unspecified atom stereocenters. The lowest BCUT2D eigenvalue weighted by Crippen LogP contribution is -2.61. The molecule has 1 aromatic carbocycles. The van der Waals surface area contributed by atoms with Crippen LogP contribution in [0.5, 0.6) is 5.75 Å². The molecule has 4 nitrogen and oxygen atoms in total. The van der Waals surface area contributed by atoms with Gasteiger partial charge in [-0.3, -0.25) is 11.3 Å². The Balaban J connectivity index is 2.99. The zero-order chi connectivity index (χ0) is 15.2. The summed E-state index contributed by atoms with van der Waals surface area (Å²) < 4.78 is 5.29. The second kappa shape index (κ2) is 7.62. The van der Waals surface area contributed by atoms with Crippen molar-refractivity contribution in [2.24, 2.45) is 5.84 Å². The predicted octanol–water partition coefficient (Wildman–Crippen LogP) is 2.19. The monoisotopic (exact) mass is 279 g/mol. The first-order chi connectivity index (χ1) is 9.53. The SMILES string of the molecule is CCC(CC)(C(Cc1cccc(OC)c1)NN)N(C)C. The van der Waals surface area contributed by atoms with Gasteiger partial charge < -0.3 is 9.64 Å². The fourth-order valence-corrected chi connectivity index (χ4v) is 3.13. The molecule has 0 bridgehead atoms. The van der Waals surface area contributed by atoms with Gasteiger partial charge in [-0.2, -0.15) is 0 Å². The van der Waals surface area contributed by atoms with E-state index in [1.54, 1.807) is 7.11 Å². The Morgan fingerprint density at radius 3 is 2.40 bits per heavy atom. The number of nitrogens with two attached hydrogens (primary N) is 1. The third-order valence-corrected chi connectivity index (χ3v) is 4.54.